The van der Waals surface area contributed by atoms with Crippen LogP contribution in [0.2, 0.25) is 0 Å². The van der Waals surface area contributed by atoms with Crippen LogP contribution < -0.4 is 15.7 Å². The summed E-state index contributed by atoms with van der Waals surface area (Å²) in [6, 6.07) is 9.87. The fraction of sp³-hybridized carbons (Fsp3) is 0.263. The molecule has 0 bridgehead atoms. The maximum Gasteiger partial charge on any atom is 0.350 e. The smallest absolute Gasteiger partial charge is 0.350 e. The third-order valence-corrected chi connectivity index (χ3v) is 4.29. The predicted octanol–water partition coefficient (Wildman–Crippen LogP) is 0.952. The lowest BCUT2D eigenvalue weighted by atomic mass is 10.1. The van der Waals surface area contributed by atoms with E-state index >= 15 is 0 Å². The molecule has 2 N–H and O–H groups in total. The third-order valence-electron chi connectivity index (χ3n) is 4.29. The van der Waals surface area contributed by atoms with Gasteiger partial charge in [0, 0.05) is 19.2 Å². The maximum absolute atomic E-state index is 12.2. The lowest BCUT2D eigenvalue weighted by Gasteiger charge is -2.10. The van der Waals surface area contributed by atoms with Crippen LogP contribution in [0.4, 0.5) is 0 Å². The number of aromatic carboxylic acids is 1. The zero-order valence-electron chi connectivity index (χ0n) is 15.3. The highest BCUT2D eigenvalue weighted by molar-refractivity contribution is 5.88. The van der Waals surface area contributed by atoms with E-state index in [1.165, 1.54) is 28.3 Å². The van der Waals surface area contributed by atoms with Gasteiger partial charge in [-0.3, -0.25) is 9.20 Å². The summed E-state index contributed by atoms with van der Waals surface area (Å²) >= 11 is 0. The van der Waals surface area contributed by atoms with Crippen molar-refractivity contribution >= 4 is 17.5 Å². The number of carboxylic acids is 1. The van der Waals surface area contributed by atoms with E-state index in [9.17, 15) is 14.4 Å². The van der Waals surface area contributed by atoms with E-state index in [1.54, 1.807) is 30.5 Å². The number of carboxylic acid groups (broad SMARTS) is 1. The number of aromatic nitrogens is 3. The van der Waals surface area contributed by atoms with Crippen LogP contribution in [0.1, 0.15) is 22.3 Å². The van der Waals surface area contributed by atoms with Gasteiger partial charge in [0.1, 0.15) is 5.75 Å². The highest BCUT2D eigenvalue weighted by Gasteiger charge is 2.11. The number of fused-ring (bicyclic) bond motifs is 1. The highest BCUT2D eigenvalue weighted by atomic mass is 16.5. The van der Waals surface area contributed by atoms with Crippen LogP contribution in [0.15, 0.2) is 47.4 Å². The van der Waals surface area contributed by atoms with Crippen molar-refractivity contribution in [3.05, 3.63) is 64.2 Å². The molecule has 0 saturated carbocycles. The summed E-state index contributed by atoms with van der Waals surface area (Å²) in [5.74, 6) is -0.768. The van der Waals surface area contributed by atoms with Crippen LogP contribution in [-0.4, -0.2) is 44.8 Å². The normalized spacial score (nSPS) is 10.8. The molecule has 0 aliphatic rings. The first kappa shape index (κ1) is 19.2. The van der Waals surface area contributed by atoms with Gasteiger partial charge in [0.2, 0.25) is 5.91 Å². The molecule has 1 amide bonds. The Bertz CT molecular complexity index is 1070. The minimum atomic E-state index is -1.03. The Balaban J connectivity index is 1.52. The summed E-state index contributed by atoms with van der Waals surface area (Å²) in [5.41, 5.74) is 1.18. The van der Waals surface area contributed by atoms with E-state index in [1.807, 2.05) is 0 Å². The topological polar surface area (TPSA) is 115 Å². The highest BCUT2D eigenvalue weighted by Crippen LogP contribution is 2.20. The summed E-state index contributed by atoms with van der Waals surface area (Å²) in [5, 5.41) is 16.0. The maximum atomic E-state index is 12.2. The number of benzene rings is 1. The molecule has 9 nitrogen and oxygen atoms in total. The van der Waals surface area contributed by atoms with Gasteiger partial charge in [-0.25, -0.2) is 14.3 Å². The molecule has 146 valence electrons. The molecule has 28 heavy (non-hydrogen) atoms. The van der Waals surface area contributed by atoms with Gasteiger partial charge in [-0.1, -0.05) is 12.1 Å². The van der Waals surface area contributed by atoms with Gasteiger partial charge in [0.25, 0.3) is 0 Å². The number of carbonyl (C=O) groups is 2. The number of rotatable bonds is 8. The van der Waals surface area contributed by atoms with E-state index in [0.29, 0.717) is 24.4 Å². The van der Waals surface area contributed by atoms with Crippen molar-refractivity contribution in [3.8, 4) is 5.75 Å². The molecule has 0 fully saturated rings. The molecule has 0 aliphatic heterocycles. The van der Waals surface area contributed by atoms with Crippen LogP contribution in [0.3, 0.4) is 0 Å². The van der Waals surface area contributed by atoms with Gasteiger partial charge in [0.15, 0.2) is 5.65 Å². The molecule has 3 rings (SSSR count). The molecule has 1 aromatic carbocycles. The Morgan fingerprint density at radius 2 is 2.07 bits per heavy atom. The van der Waals surface area contributed by atoms with Crippen molar-refractivity contribution in [1.82, 2.24) is 19.5 Å². The number of hydrogen-bond acceptors (Lipinski definition) is 5. The van der Waals surface area contributed by atoms with Gasteiger partial charge in [0.05, 0.1) is 19.2 Å². The van der Waals surface area contributed by atoms with Crippen LogP contribution in [0, 0.1) is 0 Å². The lowest BCUT2D eigenvalue weighted by molar-refractivity contribution is -0.121. The van der Waals surface area contributed by atoms with Gasteiger partial charge in [-0.15, -0.1) is 5.10 Å². The van der Waals surface area contributed by atoms with E-state index < -0.39 is 5.97 Å². The number of carbonyl (C=O) groups excluding carboxylic acids is 1. The van der Waals surface area contributed by atoms with Gasteiger partial charge in [-0.2, -0.15) is 0 Å². The summed E-state index contributed by atoms with van der Waals surface area (Å²) in [6.07, 6.45) is 2.24. The van der Waals surface area contributed by atoms with Crippen molar-refractivity contribution < 1.29 is 19.4 Å². The Kier molecular flexibility index (Phi) is 5.73. The number of pyridine rings is 1. The first-order valence-corrected chi connectivity index (χ1v) is 8.70. The number of amides is 1. The van der Waals surface area contributed by atoms with E-state index in [2.05, 4.69) is 10.4 Å². The second kappa shape index (κ2) is 8.38. The molecular formula is C19H20N4O5. The standard InChI is InChI=1S/C19H20N4O5/c1-28-15-12-14(18(25)26)6-5-13(15)7-9-20-17(24)8-11-23-19(27)22-10-3-2-4-16(22)21-23/h2-6,10,12H,7-9,11H2,1H3,(H,20,24)(H,25,26). The first-order valence-electron chi connectivity index (χ1n) is 8.70. The fourth-order valence-electron chi connectivity index (χ4n) is 2.83. The molecule has 0 spiro atoms. The number of nitrogens with one attached hydrogen (secondary N) is 1. The van der Waals surface area contributed by atoms with Gasteiger partial charge in [-0.05, 0) is 36.2 Å². The molecule has 9 heteroatoms. The van der Waals surface area contributed by atoms with Crippen molar-refractivity contribution in [2.45, 2.75) is 19.4 Å². The van der Waals surface area contributed by atoms with Crippen molar-refractivity contribution in [2.24, 2.45) is 0 Å². The summed E-state index contributed by atoms with van der Waals surface area (Å²) in [4.78, 5) is 35.2. The number of ether oxygens (including phenoxy) is 1. The lowest BCUT2D eigenvalue weighted by Crippen LogP contribution is -2.29. The molecule has 0 atom stereocenters. The molecule has 0 aliphatic carbocycles. The van der Waals surface area contributed by atoms with Gasteiger partial charge < -0.3 is 15.2 Å². The number of aryl methyl sites for hydroxylation is 1. The van der Waals surface area contributed by atoms with Crippen LogP contribution in [0.25, 0.3) is 5.65 Å². The Morgan fingerprint density at radius 3 is 2.79 bits per heavy atom. The van der Waals surface area contributed by atoms with Crippen LogP contribution in [0.5, 0.6) is 5.75 Å². The zero-order valence-corrected chi connectivity index (χ0v) is 15.3. The summed E-state index contributed by atoms with van der Waals surface area (Å²) in [7, 11) is 1.47. The second-order valence-corrected chi connectivity index (χ2v) is 6.12. The average Bonchev–Trinajstić information content (AvgIpc) is 3.02. The van der Waals surface area contributed by atoms with E-state index in [0.717, 1.165) is 5.56 Å². The largest absolute Gasteiger partial charge is 0.496 e. The summed E-state index contributed by atoms with van der Waals surface area (Å²) < 4.78 is 7.90. The SMILES string of the molecule is COc1cc(C(=O)O)ccc1CCNC(=O)CCn1nc2ccccn2c1=O. The summed E-state index contributed by atoms with van der Waals surface area (Å²) in [6.45, 7) is 0.546. The Morgan fingerprint density at radius 1 is 1.25 bits per heavy atom. The van der Waals surface area contributed by atoms with Crippen LogP contribution in [-0.2, 0) is 17.8 Å². The van der Waals surface area contributed by atoms with E-state index in [4.69, 9.17) is 9.84 Å². The molecular weight excluding hydrogens is 364 g/mol. The predicted molar refractivity (Wildman–Crippen MR) is 101 cm³/mol. The van der Waals surface area contributed by atoms with E-state index in [-0.39, 0.29) is 30.1 Å². The Labute approximate surface area is 160 Å². The van der Waals surface area contributed by atoms with Crippen molar-refractivity contribution in [1.29, 1.82) is 0 Å². The minimum Gasteiger partial charge on any atom is -0.496 e. The molecule has 2 heterocycles. The number of methoxy groups -OCH3 is 1. The van der Waals surface area contributed by atoms with Crippen molar-refractivity contribution in [3.63, 3.8) is 0 Å². The van der Waals surface area contributed by atoms with Crippen LogP contribution >= 0.6 is 0 Å². The Hall–Kier alpha value is -3.62. The zero-order chi connectivity index (χ0) is 20.1. The van der Waals surface area contributed by atoms with Gasteiger partial charge >= 0.3 is 11.7 Å². The monoisotopic (exact) mass is 384 g/mol. The second-order valence-electron chi connectivity index (χ2n) is 6.12. The molecule has 0 radical (unpaired) electrons. The third kappa shape index (κ3) is 4.20. The molecule has 2 aromatic heterocycles. The molecule has 3 aromatic rings. The first-order chi connectivity index (χ1) is 13.5. The fourth-order valence-corrected chi connectivity index (χ4v) is 2.83. The number of nitrogens with zero attached hydrogens (tertiary/aromatic N) is 3. The average molecular weight is 384 g/mol. The quantitative estimate of drug-likeness (QED) is 0.598. The minimum absolute atomic E-state index is 0.124. The number of hydrogen-bond donors (Lipinski definition) is 2. The molecule has 0 saturated heterocycles. The molecule has 0 unspecified atom stereocenters. The van der Waals surface area contributed by atoms with Crippen molar-refractivity contribution in [2.75, 3.05) is 13.7 Å².